The van der Waals surface area contributed by atoms with Crippen LogP contribution in [-0.4, -0.2) is 17.3 Å². The normalized spacial score (nSPS) is 18.0. The van der Waals surface area contributed by atoms with Crippen molar-refractivity contribution in [3.05, 3.63) is 0 Å². The minimum Gasteiger partial charge on any atom is -0.394 e. The van der Waals surface area contributed by atoms with Crippen LogP contribution in [0.5, 0.6) is 0 Å². The largest absolute Gasteiger partial charge is 0.394 e. The van der Waals surface area contributed by atoms with Gasteiger partial charge < -0.3 is 10.8 Å². The Balaban J connectivity index is 3.58. The third-order valence-electron chi connectivity index (χ3n) is 1.24. The van der Waals surface area contributed by atoms with Gasteiger partial charge in [-0.05, 0) is 19.3 Å². The van der Waals surface area contributed by atoms with Gasteiger partial charge in [0.1, 0.15) is 0 Å². The highest BCUT2D eigenvalue weighted by atomic mass is 16.3. The fraction of sp³-hybridized carbons (Fsp3) is 1.00. The van der Waals surface area contributed by atoms with Gasteiger partial charge in [0.2, 0.25) is 0 Å². The molecule has 2 heteroatoms. The van der Waals surface area contributed by atoms with Crippen LogP contribution in [0.25, 0.3) is 0 Å². The molecule has 0 aromatic carbocycles. The predicted octanol–water partition coefficient (Wildman–Crippen LogP) is 0.742. The van der Waals surface area contributed by atoms with Gasteiger partial charge in [-0.3, -0.25) is 0 Å². The summed E-state index contributed by atoms with van der Waals surface area (Å²) >= 11 is 0. The second kappa shape index (κ2) is 3.18. The van der Waals surface area contributed by atoms with Crippen LogP contribution < -0.4 is 5.73 Å². The van der Waals surface area contributed by atoms with Gasteiger partial charge in [-0.15, -0.1) is 0 Å². The Morgan fingerprint density at radius 2 is 2.00 bits per heavy atom. The Bertz CT molecular complexity index is 79.0. The lowest BCUT2D eigenvalue weighted by Crippen LogP contribution is -2.41. The molecule has 9 heavy (non-hydrogen) atoms. The van der Waals surface area contributed by atoms with E-state index in [9.17, 15) is 0 Å². The minimum atomic E-state index is -0.381. The highest BCUT2D eigenvalue weighted by Gasteiger charge is 2.17. The number of nitrogens with two attached hydrogens (primary N) is 1. The molecular weight excluding hydrogens is 114 g/mol. The van der Waals surface area contributed by atoms with Crippen molar-refractivity contribution in [1.82, 2.24) is 0 Å². The van der Waals surface area contributed by atoms with E-state index in [1.165, 1.54) is 0 Å². The topological polar surface area (TPSA) is 46.2 Å². The van der Waals surface area contributed by atoms with Crippen LogP contribution in [0, 0.1) is 5.92 Å². The van der Waals surface area contributed by atoms with Gasteiger partial charge in [0.15, 0.2) is 0 Å². The lowest BCUT2D eigenvalue weighted by atomic mass is 9.93. The summed E-state index contributed by atoms with van der Waals surface area (Å²) in [6.07, 6.45) is 0.878. The van der Waals surface area contributed by atoms with Gasteiger partial charge in [0.25, 0.3) is 0 Å². The maximum absolute atomic E-state index is 8.72. The van der Waals surface area contributed by atoms with Crippen molar-refractivity contribution in [1.29, 1.82) is 0 Å². The van der Waals surface area contributed by atoms with E-state index in [4.69, 9.17) is 10.8 Å². The maximum atomic E-state index is 8.72. The lowest BCUT2D eigenvalue weighted by molar-refractivity contribution is 0.187. The van der Waals surface area contributed by atoms with Crippen LogP contribution in [0.4, 0.5) is 0 Å². The summed E-state index contributed by atoms with van der Waals surface area (Å²) in [4.78, 5) is 0. The zero-order valence-corrected chi connectivity index (χ0v) is 6.52. The molecule has 0 saturated carbocycles. The molecule has 0 aromatic heterocycles. The van der Waals surface area contributed by atoms with E-state index in [0.717, 1.165) is 6.42 Å². The number of aliphatic hydroxyl groups excluding tert-OH is 1. The molecule has 0 rings (SSSR count). The first kappa shape index (κ1) is 8.92. The van der Waals surface area contributed by atoms with E-state index in [1.54, 1.807) is 0 Å². The van der Waals surface area contributed by atoms with Crippen LogP contribution in [-0.2, 0) is 0 Å². The maximum Gasteiger partial charge on any atom is 0.0608 e. The number of hydrogen-bond acceptors (Lipinski definition) is 2. The molecule has 0 aliphatic carbocycles. The second-order valence-corrected chi connectivity index (χ2v) is 3.41. The fourth-order valence-corrected chi connectivity index (χ4v) is 0.997. The summed E-state index contributed by atoms with van der Waals surface area (Å²) in [6.45, 7) is 6.14. The van der Waals surface area contributed by atoms with E-state index in [1.807, 2.05) is 6.92 Å². The molecule has 56 valence electrons. The Labute approximate surface area is 57.1 Å². The van der Waals surface area contributed by atoms with E-state index < -0.39 is 0 Å². The van der Waals surface area contributed by atoms with Crippen LogP contribution in [0.2, 0.25) is 0 Å². The second-order valence-electron chi connectivity index (χ2n) is 3.41. The molecule has 0 heterocycles. The molecule has 0 aromatic rings. The van der Waals surface area contributed by atoms with E-state index in [-0.39, 0.29) is 12.1 Å². The molecule has 2 nitrogen and oxygen atoms in total. The van der Waals surface area contributed by atoms with Crippen LogP contribution in [0.15, 0.2) is 0 Å². The first-order valence-electron chi connectivity index (χ1n) is 3.37. The Hall–Kier alpha value is -0.0800. The molecule has 0 saturated heterocycles. The van der Waals surface area contributed by atoms with Crippen molar-refractivity contribution >= 4 is 0 Å². The molecule has 0 amide bonds. The zero-order valence-electron chi connectivity index (χ0n) is 6.52. The van der Waals surface area contributed by atoms with Gasteiger partial charge in [-0.1, -0.05) is 13.8 Å². The molecular formula is C7H17NO. The number of aliphatic hydroxyl groups is 1. The van der Waals surface area contributed by atoms with Crippen molar-refractivity contribution < 1.29 is 5.11 Å². The summed E-state index contributed by atoms with van der Waals surface area (Å²) < 4.78 is 0. The molecule has 0 spiro atoms. The average molecular weight is 131 g/mol. The first-order chi connectivity index (χ1) is 3.98. The predicted molar refractivity (Wildman–Crippen MR) is 39.1 cm³/mol. The highest BCUT2D eigenvalue weighted by Crippen LogP contribution is 2.11. The Morgan fingerprint density at radius 1 is 1.56 bits per heavy atom. The first-order valence-corrected chi connectivity index (χ1v) is 3.37. The van der Waals surface area contributed by atoms with E-state index >= 15 is 0 Å². The fourth-order valence-electron chi connectivity index (χ4n) is 0.997. The summed E-state index contributed by atoms with van der Waals surface area (Å²) in [7, 11) is 0. The van der Waals surface area contributed by atoms with Crippen LogP contribution in [0.1, 0.15) is 27.2 Å². The standard InChI is InChI=1S/C7H17NO/c1-6(2)4-7(3,8)5-9/h6,9H,4-5,8H2,1-3H3/t7-/m1/s1. The van der Waals surface area contributed by atoms with Gasteiger partial charge in [0, 0.05) is 5.54 Å². The van der Waals surface area contributed by atoms with Crippen molar-refractivity contribution in [2.75, 3.05) is 6.61 Å². The number of rotatable bonds is 3. The Kier molecular flexibility index (Phi) is 3.15. The van der Waals surface area contributed by atoms with E-state index in [0.29, 0.717) is 5.92 Å². The lowest BCUT2D eigenvalue weighted by Gasteiger charge is -2.23. The van der Waals surface area contributed by atoms with Crippen molar-refractivity contribution in [2.45, 2.75) is 32.7 Å². The summed E-state index contributed by atoms with van der Waals surface area (Å²) in [5, 5.41) is 8.72. The van der Waals surface area contributed by atoms with Gasteiger partial charge in [-0.25, -0.2) is 0 Å². The molecule has 0 radical (unpaired) electrons. The summed E-state index contributed by atoms with van der Waals surface area (Å²) in [5.74, 6) is 0.562. The summed E-state index contributed by atoms with van der Waals surface area (Å²) in [6, 6.07) is 0. The van der Waals surface area contributed by atoms with Crippen LogP contribution in [0.3, 0.4) is 0 Å². The van der Waals surface area contributed by atoms with Gasteiger partial charge in [-0.2, -0.15) is 0 Å². The third-order valence-corrected chi connectivity index (χ3v) is 1.24. The Morgan fingerprint density at radius 3 is 2.11 bits per heavy atom. The SMILES string of the molecule is CC(C)C[C@@](C)(N)CO. The monoisotopic (exact) mass is 131 g/mol. The zero-order chi connectivity index (χ0) is 7.49. The molecule has 0 aliphatic heterocycles. The molecule has 0 unspecified atom stereocenters. The number of hydrogen-bond donors (Lipinski definition) is 2. The quantitative estimate of drug-likeness (QED) is 0.593. The highest BCUT2D eigenvalue weighted by molar-refractivity contribution is 4.77. The van der Waals surface area contributed by atoms with Crippen LogP contribution >= 0.6 is 0 Å². The van der Waals surface area contributed by atoms with Crippen molar-refractivity contribution in [3.8, 4) is 0 Å². The smallest absolute Gasteiger partial charge is 0.0608 e. The van der Waals surface area contributed by atoms with Gasteiger partial charge >= 0.3 is 0 Å². The molecule has 0 bridgehead atoms. The average Bonchev–Trinajstić information content (AvgIpc) is 1.63. The van der Waals surface area contributed by atoms with Gasteiger partial charge in [0.05, 0.1) is 6.61 Å². The molecule has 0 fully saturated rings. The van der Waals surface area contributed by atoms with Crippen molar-refractivity contribution in [3.63, 3.8) is 0 Å². The van der Waals surface area contributed by atoms with Crippen molar-refractivity contribution in [2.24, 2.45) is 11.7 Å². The summed E-state index contributed by atoms with van der Waals surface area (Å²) in [5.41, 5.74) is 5.29. The third kappa shape index (κ3) is 4.43. The van der Waals surface area contributed by atoms with E-state index in [2.05, 4.69) is 13.8 Å². The molecule has 1 atom stereocenters. The minimum absolute atomic E-state index is 0.0746. The molecule has 0 aliphatic rings. The molecule has 3 N–H and O–H groups in total.